The Morgan fingerprint density at radius 3 is 2.85 bits per heavy atom. The largest absolute Gasteiger partial charge is 0.443 e. The van der Waals surface area contributed by atoms with Crippen LogP contribution < -0.4 is 21.1 Å². The Morgan fingerprint density at radius 2 is 1.97 bits per heavy atom. The van der Waals surface area contributed by atoms with Gasteiger partial charge < -0.3 is 19.9 Å². The smallest absolute Gasteiger partial charge is 0.414 e. The number of carbonyl (C=O) groups is 2. The molecule has 10 heteroatoms. The molecule has 174 valence electrons. The van der Waals surface area contributed by atoms with Crippen molar-refractivity contribution in [3.63, 3.8) is 0 Å². The molecule has 3 aromatic rings. The zero-order chi connectivity index (χ0) is 23.4. The molecule has 8 nitrogen and oxygen atoms in total. The summed E-state index contributed by atoms with van der Waals surface area (Å²) in [4.78, 5) is 39.2. The highest BCUT2D eigenvalue weighted by Crippen LogP contribution is 2.36. The number of hydrogen-bond donors (Lipinski definition) is 2. The van der Waals surface area contributed by atoms with Gasteiger partial charge in [0.1, 0.15) is 11.9 Å². The lowest BCUT2D eigenvalue weighted by atomic mass is 10.1. The van der Waals surface area contributed by atoms with Crippen molar-refractivity contribution in [2.24, 2.45) is 0 Å². The highest BCUT2D eigenvalue weighted by atomic mass is 32.2. The van der Waals surface area contributed by atoms with E-state index in [1.807, 2.05) is 12.1 Å². The molecule has 3 aliphatic heterocycles. The Bertz CT molecular complexity index is 1410. The van der Waals surface area contributed by atoms with Crippen molar-refractivity contribution < 1.29 is 18.7 Å². The average Bonchev–Trinajstić information content (AvgIpc) is 3.39. The van der Waals surface area contributed by atoms with Crippen LogP contribution in [0.15, 0.2) is 52.2 Å². The quantitative estimate of drug-likeness (QED) is 0.584. The van der Waals surface area contributed by atoms with E-state index in [0.29, 0.717) is 54.3 Å². The SMILES string of the molecule is O=C1CSc2ccc(N3C[C@@H](CNC[C@@H]4Cc5c(F)ccc6ccc(=O)n4c56)OC3=O)cc2N1. The van der Waals surface area contributed by atoms with Crippen molar-refractivity contribution in [1.29, 1.82) is 0 Å². The molecular formula is C24H21FN4O4S. The molecule has 2 atom stereocenters. The van der Waals surface area contributed by atoms with Crippen LogP contribution in [-0.2, 0) is 16.0 Å². The van der Waals surface area contributed by atoms with Gasteiger partial charge >= 0.3 is 6.09 Å². The third-order valence-electron chi connectivity index (χ3n) is 6.48. The van der Waals surface area contributed by atoms with Crippen LogP contribution in [0.4, 0.5) is 20.6 Å². The molecule has 4 heterocycles. The maximum Gasteiger partial charge on any atom is 0.414 e. The first-order chi connectivity index (χ1) is 16.5. The Hall–Kier alpha value is -3.37. The third kappa shape index (κ3) is 3.54. The molecule has 0 aliphatic carbocycles. The number of carbonyl (C=O) groups excluding carboxylic acids is 2. The summed E-state index contributed by atoms with van der Waals surface area (Å²) in [5.74, 6) is 0.0179. The van der Waals surface area contributed by atoms with E-state index >= 15 is 0 Å². The number of pyridine rings is 1. The minimum Gasteiger partial charge on any atom is -0.443 e. The van der Waals surface area contributed by atoms with Crippen LogP contribution in [0, 0.1) is 5.82 Å². The fraction of sp³-hybridized carbons (Fsp3) is 0.292. The molecular weight excluding hydrogens is 459 g/mol. The van der Waals surface area contributed by atoms with Crippen molar-refractivity contribution in [3.05, 3.63) is 64.2 Å². The van der Waals surface area contributed by atoms with Crippen LogP contribution >= 0.6 is 11.8 Å². The topological polar surface area (TPSA) is 92.7 Å². The maximum atomic E-state index is 14.4. The maximum absolute atomic E-state index is 14.4. The molecule has 2 amide bonds. The summed E-state index contributed by atoms with van der Waals surface area (Å²) in [6, 6.07) is 11.7. The van der Waals surface area contributed by atoms with Gasteiger partial charge in [0, 0.05) is 35.3 Å². The molecule has 1 fully saturated rings. The second kappa shape index (κ2) is 8.14. The third-order valence-corrected chi connectivity index (χ3v) is 7.55. The Kier molecular flexibility index (Phi) is 5.07. The van der Waals surface area contributed by atoms with E-state index in [9.17, 15) is 18.8 Å². The summed E-state index contributed by atoms with van der Waals surface area (Å²) in [7, 11) is 0. The number of benzene rings is 2. The number of rotatable bonds is 5. The van der Waals surface area contributed by atoms with E-state index in [4.69, 9.17) is 4.74 Å². The van der Waals surface area contributed by atoms with Gasteiger partial charge in [-0.3, -0.25) is 14.5 Å². The fourth-order valence-corrected chi connectivity index (χ4v) is 5.72. The fourth-order valence-electron chi connectivity index (χ4n) is 4.94. The van der Waals surface area contributed by atoms with Crippen molar-refractivity contribution in [1.82, 2.24) is 9.88 Å². The summed E-state index contributed by atoms with van der Waals surface area (Å²) in [5, 5.41) is 6.98. The lowest BCUT2D eigenvalue weighted by molar-refractivity contribution is -0.113. The first-order valence-corrected chi connectivity index (χ1v) is 12.0. The molecule has 0 unspecified atom stereocenters. The van der Waals surface area contributed by atoms with E-state index in [2.05, 4.69) is 10.6 Å². The number of halogens is 1. The highest BCUT2D eigenvalue weighted by Gasteiger charge is 2.33. The molecule has 2 aromatic carbocycles. The molecule has 1 saturated heterocycles. The van der Waals surface area contributed by atoms with Gasteiger partial charge in [0.2, 0.25) is 5.91 Å². The Balaban J connectivity index is 1.12. The molecule has 2 N–H and O–H groups in total. The summed E-state index contributed by atoms with van der Waals surface area (Å²) in [6.45, 7) is 1.21. The first-order valence-electron chi connectivity index (χ1n) is 11.1. The Labute approximate surface area is 198 Å². The average molecular weight is 481 g/mol. The lowest BCUT2D eigenvalue weighted by Gasteiger charge is -2.20. The van der Waals surface area contributed by atoms with Crippen LogP contribution in [-0.4, -0.2) is 48.1 Å². The van der Waals surface area contributed by atoms with E-state index in [1.165, 1.54) is 23.9 Å². The van der Waals surface area contributed by atoms with E-state index in [0.717, 1.165) is 10.3 Å². The molecule has 0 spiro atoms. The van der Waals surface area contributed by atoms with Crippen molar-refractivity contribution in [2.75, 3.05) is 35.6 Å². The van der Waals surface area contributed by atoms with E-state index in [1.54, 1.807) is 27.7 Å². The molecule has 6 rings (SSSR count). The highest BCUT2D eigenvalue weighted by molar-refractivity contribution is 8.00. The van der Waals surface area contributed by atoms with Gasteiger partial charge in [-0.1, -0.05) is 0 Å². The number of nitrogens with one attached hydrogen (secondary N) is 2. The van der Waals surface area contributed by atoms with E-state index < -0.39 is 6.09 Å². The van der Waals surface area contributed by atoms with Gasteiger partial charge in [0.25, 0.3) is 5.56 Å². The zero-order valence-electron chi connectivity index (χ0n) is 18.0. The van der Waals surface area contributed by atoms with Crippen LogP contribution in [0.25, 0.3) is 10.9 Å². The number of thioether (sulfide) groups is 1. The predicted octanol–water partition coefficient (Wildman–Crippen LogP) is 2.90. The number of hydrogen-bond acceptors (Lipinski definition) is 6. The summed E-state index contributed by atoms with van der Waals surface area (Å²) in [6.07, 6.45) is -0.386. The van der Waals surface area contributed by atoms with Crippen LogP contribution in [0.1, 0.15) is 11.6 Å². The van der Waals surface area contributed by atoms with Crippen LogP contribution in [0.5, 0.6) is 0 Å². The summed E-state index contributed by atoms with van der Waals surface area (Å²) >= 11 is 1.46. The number of nitrogens with zero attached hydrogens (tertiary/aromatic N) is 2. The second-order valence-corrected chi connectivity index (χ2v) is 9.67. The lowest BCUT2D eigenvalue weighted by Crippen LogP contribution is -2.36. The summed E-state index contributed by atoms with van der Waals surface area (Å²) in [5.41, 5.74) is 2.43. The minimum atomic E-state index is -0.446. The van der Waals surface area contributed by atoms with E-state index in [-0.39, 0.29) is 29.4 Å². The van der Waals surface area contributed by atoms with Crippen molar-refractivity contribution in [2.45, 2.75) is 23.5 Å². The second-order valence-electron chi connectivity index (χ2n) is 8.66. The molecule has 1 aromatic heterocycles. The van der Waals surface area contributed by atoms with Gasteiger partial charge in [-0.2, -0.15) is 0 Å². The van der Waals surface area contributed by atoms with Gasteiger partial charge in [0.05, 0.1) is 29.5 Å². The monoisotopic (exact) mass is 480 g/mol. The molecule has 0 saturated carbocycles. The number of cyclic esters (lactones) is 1. The zero-order valence-corrected chi connectivity index (χ0v) is 18.9. The first kappa shape index (κ1) is 21.2. The molecule has 3 aliphatic rings. The number of ether oxygens (including phenoxy) is 1. The van der Waals surface area contributed by atoms with Gasteiger partial charge in [-0.15, -0.1) is 11.8 Å². The number of aromatic nitrogens is 1. The molecule has 34 heavy (non-hydrogen) atoms. The number of amides is 2. The Morgan fingerprint density at radius 1 is 1.12 bits per heavy atom. The number of anilines is 2. The molecule has 0 bridgehead atoms. The van der Waals surface area contributed by atoms with Gasteiger partial charge in [0.15, 0.2) is 0 Å². The predicted molar refractivity (Wildman–Crippen MR) is 127 cm³/mol. The normalized spacial score (nSPS) is 21.0. The van der Waals surface area contributed by atoms with Gasteiger partial charge in [-0.25, -0.2) is 9.18 Å². The van der Waals surface area contributed by atoms with Crippen LogP contribution in [0.2, 0.25) is 0 Å². The number of fused-ring (bicyclic) bond motifs is 1. The van der Waals surface area contributed by atoms with Crippen LogP contribution in [0.3, 0.4) is 0 Å². The van der Waals surface area contributed by atoms with Crippen molar-refractivity contribution >= 4 is 46.0 Å². The minimum absolute atomic E-state index is 0.0653. The summed E-state index contributed by atoms with van der Waals surface area (Å²) < 4.78 is 21.6. The van der Waals surface area contributed by atoms with Gasteiger partial charge in [-0.05, 0) is 48.2 Å². The standard InChI is InChI=1S/C24H21FN4O4S/c25-18-4-1-13-2-6-22(31)29-15(7-17(18)23(13)29)9-26-10-16-11-28(24(32)33-16)14-3-5-20-19(8-14)27-21(30)12-34-20/h1-6,8,15-16,26H,7,9-12H2,(H,27,30)/t15-,16+/m0/s1. The van der Waals surface area contributed by atoms with Crippen molar-refractivity contribution in [3.8, 4) is 0 Å². The molecule has 0 radical (unpaired) electrons.